The lowest BCUT2D eigenvalue weighted by molar-refractivity contribution is -0.274. The number of carbonyl (C=O) groups excluding carboxylic acids is 1. The highest BCUT2D eigenvalue weighted by molar-refractivity contribution is 5.81. The molecule has 214 valence electrons. The molecule has 1 aliphatic heterocycles. The molecule has 2 heterocycles. The van der Waals surface area contributed by atoms with Gasteiger partial charge >= 0.3 is 6.36 Å². The molecular formula is C25H25F8N3O3. The van der Waals surface area contributed by atoms with Crippen molar-refractivity contribution < 1.29 is 49.4 Å². The van der Waals surface area contributed by atoms with Crippen molar-refractivity contribution in [2.24, 2.45) is 0 Å². The molecule has 14 heteroatoms. The number of piperidine rings is 1. The van der Waals surface area contributed by atoms with E-state index in [9.17, 15) is 39.9 Å². The molecule has 4 rings (SSSR count). The summed E-state index contributed by atoms with van der Waals surface area (Å²) in [6, 6.07) is 1.09. The van der Waals surface area contributed by atoms with Crippen molar-refractivity contribution in [3.05, 3.63) is 47.7 Å². The summed E-state index contributed by atoms with van der Waals surface area (Å²) in [5.41, 5.74) is -1.43. The Hall–Kier alpha value is -3.00. The summed E-state index contributed by atoms with van der Waals surface area (Å²) in [6.45, 7) is 0.416. The number of hydrogen-bond donors (Lipinski definition) is 2. The number of nitrogens with zero attached hydrogens (tertiary/aromatic N) is 1. The van der Waals surface area contributed by atoms with E-state index in [1.807, 2.05) is 0 Å². The van der Waals surface area contributed by atoms with E-state index in [2.05, 4.69) is 20.4 Å². The summed E-state index contributed by atoms with van der Waals surface area (Å²) in [4.78, 5) is 16.6. The number of rotatable bonds is 7. The molecule has 0 unspecified atom stereocenters. The molecule has 2 N–H and O–H groups in total. The molecule has 1 saturated heterocycles. The van der Waals surface area contributed by atoms with Crippen LogP contribution in [0.25, 0.3) is 11.3 Å². The predicted octanol–water partition coefficient (Wildman–Crippen LogP) is 4.86. The topological polar surface area (TPSA) is 72.5 Å². The van der Waals surface area contributed by atoms with E-state index in [-0.39, 0.29) is 25.8 Å². The molecule has 2 fully saturated rings. The molecule has 2 aromatic rings. The fourth-order valence-corrected chi connectivity index (χ4v) is 4.80. The van der Waals surface area contributed by atoms with Gasteiger partial charge in [-0.1, -0.05) is 0 Å². The van der Waals surface area contributed by atoms with Crippen LogP contribution in [-0.4, -0.2) is 60.7 Å². The van der Waals surface area contributed by atoms with Crippen molar-refractivity contribution in [3.8, 4) is 17.0 Å². The van der Waals surface area contributed by atoms with Gasteiger partial charge in [0.1, 0.15) is 29.5 Å². The summed E-state index contributed by atoms with van der Waals surface area (Å²) in [6.07, 6.45) is -8.92. The summed E-state index contributed by atoms with van der Waals surface area (Å²) in [7, 11) is 0. The van der Waals surface area contributed by atoms with Crippen molar-refractivity contribution in [1.82, 2.24) is 15.6 Å². The van der Waals surface area contributed by atoms with E-state index in [0.29, 0.717) is 12.6 Å². The van der Waals surface area contributed by atoms with Crippen LogP contribution in [0.3, 0.4) is 0 Å². The molecule has 1 aromatic heterocycles. The van der Waals surface area contributed by atoms with E-state index in [1.165, 1.54) is 0 Å². The number of aromatic nitrogens is 1. The average Bonchev–Trinajstić information content (AvgIpc) is 2.82. The molecule has 1 aliphatic carbocycles. The lowest BCUT2D eigenvalue weighted by Gasteiger charge is -2.41. The minimum atomic E-state index is -5.28. The Morgan fingerprint density at radius 2 is 1.85 bits per heavy atom. The van der Waals surface area contributed by atoms with Gasteiger partial charge < -0.3 is 20.1 Å². The van der Waals surface area contributed by atoms with Crippen molar-refractivity contribution in [3.63, 3.8) is 0 Å². The highest BCUT2D eigenvalue weighted by Gasteiger charge is 2.49. The van der Waals surface area contributed by atoms with Gasteiger partial charge in [-0.2, -0.15) is 0 Å². The number of benzene rings is 1. The highest BCUT2D eigenvalue weighted by Crippen LogP contribution is 2.38. The Labute approximate surface area is 218 Å². The summed E-state index contributed by atoms with van der Waals surface area (Å²) < 4.78 is 121. The van der Waals surface area contributed by atoms with Crippen LogP contribution < -0.4 is 15.4 Å². The maximum absolute atomic E-state index is 14.9. The number of hydrogen-bond acceptors (Lipinski definition) is 5. The minimum absolute atomic E-state index is 0.00756. The van der Waals surface area contributed by atoms with Crippen LogP contribution in [0.4, 0.5) is 35.1 Å². The van der Waals surface area contributed by atoms with Crippen molar-refractivity contribution in [2.45, 2.75) is 68.8 Å². The zero-order valence-corrected chi connectivity index (χ0v) is 20.3. The number of amides is 1. The second kappa shape index (κ2) is 11.6. The predicted molar refractivity (Wildman–Crippen MR) is 122 cm³/mol. The zero-order chi connectivity index (χ0) is 28.4. The number of ether oxygens (including phenoxy) is 2. The van der Waals surface area contributed by atoms with Crippen molar-refractivity contribution in [1.29, 1.82) is 0 Å². The van der Waals surface area contributed by atoms with Crippen LogP contribution in [0.1, 0.15) is 31.2 Å². The van der Waals surface area contributed by atoms with E-state index in [0.717, 1.165) is 24.4 Å². The van der Waals surface area contributed by atoms with Gasteiger partial charge in [-0.15, -0.1) is 13.2 Å². The standard InChI is InChI=1S/C25H25F8N3O3/c26-15-8-14(9-16(27)11-15)21-22(39-25(31,32)33)13(3-7-35-21)10-20(37)36-23-19(2-1-5-24(23,29)30)38-18-4-6-34-12-17(18)28/h3,7-9,11,17-19,23,34H,1-2,4-6,10,12H2,(H,36,37)/t17-,18+,19+,23-/m1/s1. The quantitative estimate of drug-likeness (QED) is 0.468. The molecule has 0 spiro atoms. The maximum Gasteiger partial charge on any atom is 0.573 e. The fourth-order valence-electron chi connectivity index (χ4n) is 4.80. The van der Waals surface area contributed by atoms with E-state index >= 15 is 0 Å². The van der Waals surface area contributed by atoms with Gasteiger partial charge in [0.15, 0.2) is 5.75 Å². The number of alkyl halides is 6. The summed E-state index contributed by atoms with van der Waals surface area (Å²) >= 11 is 0. The lowest BCUT2D eigenvalue weighted by atomic mass is 9.88. The largest absolute Gasteiger partial charge is 0.573 e. The first-order valence-electron chi connectivity index (χ1n) is 12.2. The Balaban J connectivity index is 1.59. The Morgan fingerprint density at radius 1 is 1.13 bits per heavy atom. The average molecular weight is 567 g/mol. The number of nitrogens with one attached hydrogen (secondary N) is 2. The van der Waals surface area contributed by atoms with E-state index in [4.69, 9.17) is 4.74 Å². The molecule has 2 aliphatic rings. The van der Waals surface area contributed by atoms with E-state index < -0.39 is 89.7 Å². The third kappa shape index (κ3) is 7.35. The number of halogens is 8. The normalized spacial score (nSPS) is 25.2. The van der Waals surface area contributed by atoms with Gasteiger partial charge in [-0.05, 0) is 44.0 Å². The van der Waals surface area contributed by atoms with Gasteiger partial charge in [0, 0.05) is 36.4 Å². The fraction of sp³-hybridized carbons (Fsp3) is 0.520. The van der Waals surface area contributed by atoms with Crippen molar-refractivity contribution >= 4 is 5.91 Å². The molecule has 1 amide bonds. The molecule has 0 bridgehead atoms. The van der Waals surface area contributed by atoms with Crippen LogP contribution in [0.15, 0.2) is 30.5 Å². The Bertz CT molecular complexity index is 1160. The van der Waals surface area contributed by atoms with Crippen LogP contribution in [-0.2, 0) is 16.0 Å². The Kier molecular flexibility index (Phi) is 8.64. The molecule has 1 aromatic carbocycles. The van der Waals surface area contributed by atoms with Crippen molar-refractivity contribution in [2.75, 3.05) is 13.1 Å². The first-order chi connectivity index (χ1) is 18.3. The maximum atomic E-state index is 14.9. The highest BCUT2D eigenvalue weighted by atomic mass is 19.4. The summed E-state index contributed by atoms with van der Waals surface area (Å²) in [5, 5.41) is 4.97. The van der Waals surface area contributed by atoms with Crippen LogP contribution in [0, 0.1) is 11.6 Å². The van der Waals surface area contributed by atoms with Gasteiger partial charge in [-0.25, -0.2) is 22.0 Å². The first kappa shape index (κ1) is 29.0. The number of pyridine rings is 1. The molecular weight excluding hydrogens is 542 g/mol. The van der Waals surface area contributed by atoms with Crippen LogP contribution >= 0.6 is 0 Å². The second-order valence-electron chi connectivity index (χ2n) is 9.45. The molecule has 39 heavy (non-hydrogen) atoms. The SMILES string of the molecule is O=C(Cc1ccnc(-c2cc(F)cc(F)c2)c1OC(F)(F)F)N[C@@H]1[C@@H](O[C@H]2CCNC[C@H]2F)CCCC1(F)F. The first-order valence-corrected chi connectivity index (χ1v) is 12.2. The van der Waals surface area contributed by atoms with Gasteiger partial charge in [0.25, 0.3) is 5.92 Å². The molecule has 0 radical (unpaired) electrons. The van der Waals surface area contributed by atoms with Gasteiger partial charge in [0.05, 0.1) is 18.6 Å². The Morgan fingerprint density at radius 3 is 2.51 bits per heavy atom. The molecule has 1 saturated carbocycles. The minimum Gasteiger partial charge on any atom is -0.403 e. The second-order valence-corrected chi connectivity index (χ2v) is 9.45. The molecule has 4 atom stereocenters. The van der Waals surface area contributed by atoms with E-state index in [1.54, 1.807) is 0 Å². The third-order valence-electron chi connectivity index (χ3n) is 6.53. The lowest BCUT2D eigenvalue weighted by Crippen LogP contribution is -2.59. The molecule has 6 nitrogen and oxygen atoms in total. The number of carbonyl (C=O) groups is 1. The zero-order valence-electron chi connectivity index (χ0n) is 20.3. The van der Waals surface area contributed by atoms with Gasteiger partial charge in [0.2, 0.25) is 5.91 Å². The summed E-state index contributed by atoms with van der Waals surface area (Å²) in [5.74, 6) is -7.72. The van der Waals surface area contributed by atoms with Gasteiger partial charge in [-0.3, -0.25) is 9.78 Å². The van der Waals surface area contributed by atoms with Crippen LogP contribution in [0.5, 0.6) is 5.75 Å². The third-order valence-corrected chi connectivity index (χ3v) is 6.53. The smallest absolute Gasteiger partial charge is 0.403 e. The monoisotopic (exact) mass is 567 g/mol. The van der Waals surface area contributed by atoms with Crippen LogP contribution in [0.2, 0.25) is 0 Å².